The van der Waals surface area contributed by atoms with E-state index in [0.29, 0.717) is 16.4 Å². The predicted molar refractivity (Wildman–Crippen MR) is 108 cm³/mol. The highest BCUT2D eigenvalue weighted by atomic mass is 32.1. The summed E-state index contributed by atoms with van der Waals surface area (Å²) in [7, 11) is 0. The number of ketones is 1. The second-order valence-electron chi connectivity index (χ2n) is 6.45. The maximum Gasteiger partial charge on any atom is 0.417 e. The zero-order valence-electron chi connectivity index (χ0n) is 14.9. The van der Waals surface area contributed by atoms with Crippen LogP contribution in [0.25, 0.3) is 20.8 Å². The number of carbonyl (C=O) groups excluding carboxylic acids is 1. The maximum atomic E-state index is 13.8. The SMILES string of the molecule is Nc1c(C(=O)c2ccc3c(c2)OCO3)sc2nc(-c3cccs3)cc(C(F)(F)F)c12. The molecule has 2 N–H and O–H groups in total. The van der Waals surface area contributed by atoms with Gasteiger partial charge in [-0.25, -0.2) is 4.98 Å². The summed E-state index contributed by atoms with van der Waals surface area (Å²) in [6, 6.07) is 8.99. The van der Waals surface area contributed by atoms with Crippen LogP contribution in [0, 0.1) is 0 Å². The van der Waals surface area contributed by atoms with E-state index in [4.69, 9.17) is 15.2 Å². The smallest absolute Gasteiger partial charge is 0.417 e. The second-order valence-corrected chi connectivity index (χ2v) is 8.40. The summed E-state index contributed by atoms with van der Waals surface area (Å²) in [6.45, 7) is 0.0440. The van der Waals surface area contributed by atoms with Crippen LogP contribution in [-0.2, 0) is 6.18 Å². The number of anilines is 1. The lowest BCUT2D eigenvalue weighted by molar-refractivity contribution is -0.136. The molecule has 4 aromatic rings. The first-order valence-corrected chi connectivity index (χ1v) is 10.3. The molecule has 0 atom stereocenters. The third kappa shape index (κ3) is 2.99. The minimum Gasteiger partial charge on any atom is -0.454 e. The number of ether oxygens (including phenoxy) is 2. The molecule has 10 heteroatoms. The number of nitrogens with zero attached hydrogens (tertiary/aromatic N) is 1. The van der Waals surface area contributed by atoms with Crippen LogP contribution in [0.4, 0.5) is 18.9 Å². The van der Waals surface area contributed by atoms with E-state index in [1.54, 1.807) is 23.6 Å². The molecule has 3 aromatic heterocycles. The molecule has 0 radical (unpaired) electrons. The largest absolute Gasteiger partial charge is 0.454 e. The minimum atomic E-state index is -4.65. The van der Waals surface area contributed by atoms with E-state index in [2.05, 4.69) is 4.98 Å². The van der Waals surface area contributed by atoms with Gasteiger partial charge in [0, 0.05) is 10.9 Å². The standard InChI is InChI=1S/C20H11F3N2O3S2/c21-20(22,23)10-7-11(14-2-1-5-29-14)25-19-15(10)16(24)18(30-19)17(26)9-3-4-12-13(6-9)28-8-27-12/h1-7H,8,24H2. The van der Waals surface area contributed by atoms with Crippen LogP contribution >= 0.6 is 22.7 Å². The topological polar surface area (TPSA) is 74.4 Å². The molecule has 0 unspecified atom stereocenters. The predicted octanol–water partition coefficient (Wildman–Crippen LogP) is 5.59. The van der Waals surface area contributed by atoms with Crippen molar-refractivity contribution in [1.29, 1.82) is 0 Å². The third-order valence-corrected chi connectivity index (χ3v) is 6.61. The fourth-order valence-electron chi connectivity index (χ4n) is 3.23. The summed E-state index contributed by atoms with van der Waals surface area (Å²) in [4.78, 5) is 18.1. The summed E-state index contributed by atoms with van der Waals surface area (Å²) in [5.41, 5.74) is 5.35. The van der Waals surface area contributed by atoms with E-state index < -0.39 is 17.5 Å². The van der Waals surface area contributed by atoms with Crippen molar-refractivity contribution in [3.05, 3.63) is 57.8 Å². The number of halogens is 3. The molecule has 0 bridgehead atoms. The molecule has 0 aliphatic carbocycles. The van der Waals surface area contributed by atoms with Gasteiger partial charge in [0.15, 0.2) is 11.5 Å². The minimum absolute atomic E-state index is 0.00481. The summed E-state index contributed by atoms with van der Waals surface area (Å²) in [5.74, 6) is 0.395. The Bertz CT molecular complexity index is 1300. The highest BCUT2D eigenvalue weighted by Crippen LogP contribution is 2.44. The molecule has 0 amide bonds. The van der Waals surface area contributed by atoms with E-state index in [1.807, 2.05) is 0 Å². The molecular formula is C20H11F3N2O3S2. The average Bonchev–Trinajstić information content (AvgIpc) is 3.45. The van der Waals surface area contributed by atoms with Gasteiger partial charge in [-0.05, 0) is 35.7 Å². The van der Waals surface area contributed by atoms with Crippen molar-refractivity contribution in [3.63, 3.8) is 0 Å². The number of aromatic nitrogens is 1. The van der Waals surface area contributed by atoms with E-state index in [1.165, 1.54) is 23.5 Å². The number of benzene rings is 1. The highest BCUT2D eigenvalue weighted by Gasteiger charge is 2.36. The van der Waals surface area contributed by atoms with Crippen molar-refractivity contribution in [2.24, 2.45) is 0 Å². The normalized spacial score (nSPS) is 13.2. The van der Waals surface area contributed by atoms with Crippen LogP contribution < -0.4 is 15.2 Å². The first-order chi connectivity index (χ1) is 14.3. The number of carbonyl (C=O) groups is 1. The molecule has 0 spiro atoms. The van der Waals surface area contributed by atoms with Crippen LogP contribution in [-0.4, -0.2) is 17.6 Å². The molecule has 5 nitrogen and oxygen atoms in total. The Morgan fingerprint density at radius 3 is 2.67 bits per heavy atom. The van der Waals surface area contributed by atoms with Gasteiger partial charge in [0.25, 0.3) is 0 Å². The number of rotatable bonds is 3. The number of hydrogen-bond acceptors (Lipinski definition) is 7. The van der Waals surface area contributed by atoms with E-state index >= 15 is 0 Å². The lowest BCUT2D eigenvalue weighted by atomic mass is 10.0. The number of nitrogen functional groups attached to an aromatic ring is 1. The first kappa shape index (κ1) is 18.9. The van der Waals surface area contributed by atoms with Gasteiger partial charge in [-0.3, -0.25) is 4.79 Å². The van der Waals surface area contributed by atoms with Gasteiger partial charge in [-0.2, -0.15) is 13.2 Å². The first-order valence-electron chi connectivity index (χ1n) is 8.61. The molecule has 1 aromatic carbocycles. The van der Waals surface area contributed by atoms with Gasteiger partial charge in [0.1, 0.15) is 9.71 Å². The molecule has 0 saturated heterocycles. The van der Waals surface area contributed by atoms with Crippen molar-refractivity contribution in [2.45, 2.75) is 6.18 Å². The second kappa shape index (κ2) is 6.71. The van der Waals surface area contributed by atoms with E-state index in [0.717, 1.165) is 17.4 Å². The van der Waals surface area contributed by atoms with Crippen molar-refractivity contribution in [2.75, 3.05) is 12.5 Å². The van der Waals surface area contributed by atoms with Crippen molar-refractivity contribution in [1.82, 2.24) is 4.98 Å². The van der Waals surface area contributed by atoms with Crippen molar-refractivity contribution >= 4 is 44.4 Å². The average molecular weight is 448 g/mol. The number of pyridine rings is 1. The monoisotopic (exact) mass is 448 g/mol. The fourth-order valence-corrected chi connectivity index (χ4v) is 5.00. The number of nitrogens with two attached hydrogens (primary N) is 1. The molecule has 1 aliphatic rings. The highest BCUT2D eigenvalue weighted by molar-refractivity contribution is 7.21. The Morgan fingerprint density at radius 2 is 1.93 bits per heavy atom. The van der Waals surface area contributed by atoms with Crippen LogP contribution in [0.2, 0.25) is 0 Å². The third-order valence-electron chi connectivity index (χ3n) is 4.62. The molecule has 0 fully saturated rings. The van der Waals surface area contributed by atoms with E-state index in [9.17, 15) is 18.0 Å². The van der Waals surface area contributed by atoms with E-state index in [-0.39, 0.29) is 38.8 Å². The zero-order chi connectivity index (χ0) is 21.0. The lowest BCUT2D eigenvalue weighted by Crippen LogP contribution is -2.08. The van der Waals surface area contributed by atoms with Crippen molar-refractivity contribution in [3.8, 4) is 22.1 Å². The lowest BCUT2D eigenvalue weighted by Gasteiger charge is -2.10. The van der Waals surface area contributed by atoms with Crippen LogP contribution in [0.5, 0.6) is 11.5 Å². The van der Waals surface area contributed by atoms with Crippen molar-refractivity contribution < 1.29 is 27.4 Å². The Balaban J connectivity index is 1.68. The number of fused-ring (bicyclic) bond motifs is 2. The van der Waals surface area contributed by atoms with Gasteiger partial charge in [0.2, 0.25) is 12.6 Å². The number of alkyl halides is 3. The maximum absolute atomic E-state index is 13.8. The van der Waals surface area contributed by atoms with Gasteiger partial charge < -0.3 is 15.2 Å². The molecule has 1 aliphatic heterocycles. The Morgan fingerprint density at radius 1 is 1.13 bits per heavy atom. The summed E-state index contributed by atoms with van der Waals surface area (Å²) < 4.78 is 51.9. The van der Waals surface area contributed by atoms with Gasteiger partial charge in [-0.1, -0.05) is 6.07 Å². The molecule has 5 rings (SSSR count). The molecule has 152 valence electrons. The van der Waals surface area contributed by atoms with Crippen LogP contribution in [0.1, 0.15) is 20.8 Å². The molecule has 4 heterocycles. The Kier molecular flexibility index (Phi) is 4.23. The van der Waals surface area contributed by atoms with Crippen LogP contribution in [0.15, 0.2) is 41.8 Å². The summed E-state index contributed by atoms with van der Waals surface area (Å²) in [5, 5.41) is 1.50. The van der Waals surface area contributed by atoms with Crippen LogP contribution in [0.3, 0.4) is 0 Å². The van der Waals surface area contributed by atoms with Gasteiger partial charge in [-0.15, -0.1) is 22.7 Å². The summed E-state index contributed by atoms with van der Waals surface area (Å²) >= 11 is 2.13. The Hall–Kier alpha value is -3.11. The number of thiophene rings is 2. The molecular weight excluding hydrogens is 437 g/mol. The van der Waals surface area contributed by atoms with Gasteiger partial charge in [0.05, 0.1) is 21.8 Å². The Labute approximate surface area is 175 Å². The number of hydrogen-bond donors (Lipinski definition) is 1. The molecule has 0 saturated carbocycles. The van der Waals surface area contributed by atoms with Gasteiger partial charge >= 0.3 is 6.18 Å². The quantitative estimate of drug-likeness (QED) is 0.414. The molecule has 30 heavy (non-hydrogen) atoms. The fraction of sp³-hybridized carbons (Fsp3) is 0.100. The zero-order valence-corrected chi connectivity index (χ0v) is 16.6. The summed E-state index contributed by atoms with van der Waals surface area (Å²) in [6.07, 6.45) is -4.65.